The second-order valence-electron chi connectivity index (χ2n) is 4.50. The van der Waals surface area contributed by atoms with Crippen molar-refractivity contribution < 1.29 is 14.6 Å². The molecule has 0 radical (unpaired) electrons. The molecule has 0 bridgehead atoms. The summed E-state index contributed by atoms with van der Waals surface area (Å²) in [6, 6.07) is 0. The topological polar surface area (TPSA) is 49.8 Å². The highest BCUT2D eigenvalue weighted by Gasteiger charge is 2.60. The van der Waals surface area contributed by atoms with E-state index in [1.807, 2.05) is 0 Å². The molecule has 1 saturated carbocycles. The third kappa shape index (κ3) is 1.06. The van der Waals surface area contributed by atoms with E-state index in [2.05, 4.69) is 0 Å². The molecule has 14 heavy (non-hydrogen) atoms. The van der Waals surface area contributed by atoms with E-state index < -0.39 is 17.4 Å². The van der Waals surface area contributed by atoms with Gasteiger partial charge in [-0.25, -0.2) is 4.79 Å². The van der Waals surface area contributed by atoms with E-state index in [1.165, 1.54) is 11.3 Å². The first-order valence-electron chi connectivity index (χ1n) is 5.19. The predicted molar refractivity (Wildman–Crippen MR) is 50.7 cm³/mol. The third-order valence-corrected chi connectivity index (χ3v) is 3.73. The van der Waals surface area contributed by atoms with Crippen LogP contribution in [0.5, 0.6) is 0 Å². The molecule has 0 unspecified atom stereocenters. The van der Waals surface area contributed by atoms with Crippen molar-refractivity contribution in [2.45, 2.75) is 50.4 Å². The van der Waals surface area contributed by atoms with E-state index in [0.29, 0.717) is 0 Å². The van der Waals surface area contributed by atoms with E-state index in [-0.39, 0.29) is 0 Å². The van der Waals surface area contributed by atoms with Crippen LogP contribution in [0.1, 0.15) is 39.0 Å². The molecule has 1 spiro atoms. The number of hydrogen-bond acceptors (Lipinski definition) is 3. The Labute approximate surface area is 83.8 Å². The number of carbonyl (C=O) groups is 1. The molecule has 0 aromatic carbocycles. The summed E-state index contributed by atoms with van der Waals surface area (Å²) in [7, 11) is 1.59. The van der Waals surface area contributed by atoms with E-state index in [4.69, 9.17) is 4.74 Å². The molecule has 1 saturated heterocycles. The van der Waals surface area contributed by atoms with Crippen molar-refractivity contribution in [2.24, 2.45) is 0 Å². The van der Waals surface area contributed by atoms with Gasteiger partial charge in [-0.2, -0.15) is 0 Å². The van der Waals surface area contributed by atoms with Gasteiger partial charge in [-0.05, 0) is 32.6 Å². The van der Waals surface area contributed by atoms with Crippen molar-refractivity contribution in [2.75, 3.05) is 7.05 Å². The molecule has 2 rings (SSSR count). The summed E-state index contributed by atoms with van der Waals surface area (Å²) in [6.45, 7) is 1.67. The van der Waals surface area contributed by atoms with Crippen molar-refractivity contribution in [3.8, 4) is 0 Å². The van der Waals surface area contributed by atoms with Gasteiger partial charge in [-0.15, -0.1) is 0 Å². The smallest absolute Gasteiger partial charge is 0.412 e. The summed E-state index contributed by atoms with van der Waals surface area (Å²) in [5.74, 6) is 0. The number of ether oxygens (including phenoxy) is 1. The summed E-state index contributed by atoms with van der Waals surface area (Å²) in [5, 5.41) is 10.3. The zero-order valence-electron chi connectivity index (χ0n) is 8.75. The van der Waals surface area contributed by atoms with Crippen LogP contribution in [0.25, 0.3) is 0 Å². The monoisotopic (exact) mass is 199 g/mol. The second-order valence-corrected chi connectivity index (χ2v) is 4.50. The second kappa shape index (κ2) is 2.86. The van der Waals surface area contributed by atoms with Crippen LogP contribution in [0.2, 0.25) is 0 Å². The zero-order chi connectivity index (χ0) is 10.4. The van der Waals surface area contributed by atoms with Crippen molar-refractivity contribution in [1.82, 2.24) is 4.90 Å². The minimum atomic E-state index is -1.15. The van der Waals surface area contributed by atoms with E-state index >= 15 is 0 Å². The van der Waals surface area contributed by atoms with Crippen molar-refractivity contribution >= 4 is 6.09 Å². The Kier molecular flexibility index (Phi) is 2.00. The van der Waals surface area contributed by atoms with Crippen LogP contribution in [0.4, 0.5) is 4.79 Å². The molecule has 1 atom stereocenters. The van der Waals surface area contributed by atoms with Gasteiger partial charge < -0.3 is 9.84 Å². The van der Waals surface area contributed by atoms with E-state index in [0.717, 1.165) is 25.7 Å². The number of carbonyl (C=O) groups excluding carboxylic acids is 1. The summed E-state index contributed by atoms with van der Waals surface area (Å²) in [6.07, 6.45) is 4.36. The standard InChI is InChI=1S/C10H17NO3/c1-9(13)10(6-4-3-5-7-10)14-8(12)11(9)2/h13H,3-7H2,1-2H3/t9-/m0/s1. The minimum Gasteiger partial charge on any atom is -0.438 e. The highest BCUT2D eigenvalue weighted by Crippen LogP contribution is 2.45. The first kappa shape index (κ1) is 9.77. The number of likely N-dealkylation sites (N-methyl/N-ethyl adjacent to an activating group) is 1. The lowest BCUT2D eigenvalue weighted by Crippen LogP contribution is -2.56. The molecule has 80 valence electrons. The molecule has 4 heteroatoms. The molecule has 1 aliphatic heterocycles. The summed E-state index contributed by atoms with van der Waals surface area (Å²) in [5.41, 5.74) is -1.80. The van der Waals surface area contributed by atoms with Crippen LogP contribution >= 0.6 is 0 Å². The van der Waals surface area contributed by atoms with Crippen LogP contribution in [0.15, 0.2) is 0 Å². The highest BCUT2D eigenvalue weighted by molar-refractivity contribution is 5.71. The van der Waals surface area contributed by atoms with Crippen molar-refractivity contribution in [3.63, 3.8) is 0 Å². The number of nitrogens with zero attached hydrogens (tertiary/aromatic N) is 1. The predicted octanol–water partition coefficient (Wildman–Crippen LogP) is 1.48. The van der Waals surface area contributed by atoms with Crippen LogP contribution in [-0.2, 0) is 4.74 Å². The molecule has 0 aromatic heterocycles. The number of rotatable bonds is 0. The van der Waals surface area contributed by atoms with Gasteiger partial charge in [0.05, 0.1) is 0 Å². The van der Waals surface area contributed by atoms with Crippen LogP contribution in [-0.4, -0.2) is 34.5 Å². The van der Waals surface area contributed by atoms with Gasteiger partial charge in [0.2, 0.25) is 0 Å². The Balaban J connectivity index is 2.30. The number of aliphatic hydroxyl groups is 1. The van der Waals surface area contributed by atoms with Crippen molar-refractivity contribution in [1.29, 1.82) is 0 Å². The van der Waals surface area contributed by atoms with Gasteiger partial charge in [-0.1, -0.05) is 6.42 Å². The highest BCUT2D eigenvalue weighted by atomic mass is 16.6. The molecule has 2 aliphatic rings. The fraction of sp³-hybridized carbons (Fsp3) is 0.900. The molecule has 1 aliphatic carbocycles. The summed E-state index contributed by atoms with van der Waals surface area (Å²) < 4.78 is 5.35. The zero-order valence-corrected chi connectivity index (χ0v) is 8.75. The molecule has 0 aromatic rings. The van der Waals surface area contributed by atoms with Crippen molar-refractivity contribution in [3.05, 3.63) is 0 Å². The van der Waals surface area contributed by atoms with E-state index in [9.17, 15) is 9.90 Å². The molecular weight excluding hydrogens is 182 g/mol. The first-order valence-corrected chi connectivity index (χ1v) is 5.19. The molecular formula is C10H17NO3. The molecule has 1 amide bonds. The quantitative estimate of drug-likeness (QED) is 0.643. The lowest BCUT2D eigenvalue weighted by Gasteiger charge is -2.41. The van der Waals surface area contributed by atoms with Gasteiger partial charge in [0.15, 0.2) is 11.3 Å². The van der Waals surface area contributed by atoms with E-state index in [1.54, 1.807) is 14.0 Å². The third-order valence-electron chi connectivity index (χ3n) is 3.73. The average Bonchev–Trinajstić information content (AvgIpc) is 2.30. The minimum absolute atomic E-state index is 0.406. The van der Waals surface area contributed by atoms with Gasteiger partial charge >= 0.3 is 6.09 Å². The Morgan fingerprint density at radius 1 is 1.36 bits per heavy atom. The fourth-order valence-electron chi connectivity index (χ4n) is 2.51. The maximum atomic E-state index is 11.4. The largest absolute Gasteiger partial charge is 0.438 e. The van der Waals surface area contributed by atoms with Gasteiger partial charge in [0.25, 0.3) is 0 Å². The van der Waals surface area contributed by atoms with Gasteiger partial charge in [-0.3, -0.25) is 4.90 Å². The molecule has 1 N–H and O–H groups in total. The SMILES string of the molecule is CN1C(=O)OC2(CCCCC2)[C@]1(C)O. The summed E-state index contributed by atoms with van der Waals surface area (Å²) in [4.78, 5) is 12.7. The molecule has 2 fully saturated rings. The molecule has 1 heterocycles. The fourth-order valence-corrected chi connectivity index (χ4v) is 2.51. The van der Waals surface area contributed by atoms with Crippen LogP contribution < -0.4 is 0 Å². The lowest BCUT2D eigenvalue weighted by molar-refractivity contribution is -0.153. The van der Waals surface area contributed by atoms with Gasteiger partial charge in [0, 0.05) is 7.05 Å². The summed E-state index contributed by atoms with van der Waals surface area (Å²) >= 11 is 0. The van der Waals surface area contributed by atoms with Gasteiger partial charge in [0.1, 0.15) is 0 Å². The Morgan fingerprint density at radius 3 is 2.36 bits per heavy atom. The van der Waals surface area contributed by atoms with Crippen LogP contribution in [0.3, 0.4) is 0 Å². The first-order chi connectivity index (χ1) is 6.50. The Morgan fingerprint density at radius 2 is 1.93 bits per heavy atom. The van der Waals surface area contributed by atoms with Crippen LogP contribution in [0, 0.1) is 0 Å². The number of hydrogen-bond donors (Lipinski definition) is 1. The maximum Gasteiger partial charge on any atom is 0.412 e. The maximum absolute atomic E-state index is 11.4. The Bertz CT molecular complexity index is 256. The number of amides is 1. The average molecular weight is 199 g/mol. The molecule has 4 nitrogen and oxygen atoms in total. The Hall–Kier alpha value is -0.770. The normalized spacial score (nSPS) is 36.2. The lowest BCUT2D eigenvalue weighted by atomic mass is 9.78.